The summed E-state index contributed by atoms with van der Waals surface area (Å²) in [7, 11) is 1.99. The third kappa shape index (κ3) is 3.69. The van der Waals surface area contributed by atoms with Gasteiger partial charge in [-0.3, -0.25) is 0 Å². The number of ether oxygens (including phenoxy) is 1. The van der Waals surface area contributed by atoms with Gasteiger partial charge in [0, 0.05) is 35.9 Å². The summed E-state index contributed by atoms with van der Waals surface area (Å²) in [5.41, 5.74) is 0.327. The zero-order valence-electron chi connectivity index (χ0n) is 16.9. The van der Waals surface area contributed by atoms with Crippen molar-refractivity contribution in [1.82, 2.24) is 25.4 Å². The number of hydrogen-bond acceptors (Lipinski definition) is 5. The second kappa shape index (κ2) is 8.50. The van der Waals surface area contributed by atoms with Gasteiger partial charge in [-0.05, 0) is 37.6 Å². The third-order valence-corrected chi connectivity index (χ3v) is 7.78. The lowest BCUT2D eigenvalue weighted by Crippen LogP contribution is -2.72. The molecule has 0 amide bonds. The van der Waals surface area contributed by atoms with Crippen LogP contribution in [-0.4, -0.2) is 39.5 Å². The van der Waals surface area contributed by atoms with Gasteiger partial charge < -0.3 is 19.9 Å². The molecular formula is C20H29IN6OS. The molecule has 3 unspecified atom stereocenters. The second-order valence-corrected chi connectivity index (χ2v) is 9.31. The van der Waals surface area contributed by atoms with Crippen LogP contribution in [0.4, 0.5) is 0 Å². The van der Waals surface area contributed by atoms with E-state index in [1.807, 2.05) is 18.5 Å². The van der Waals surface area contributed by atoms with E-state index in [2.05, 4.69) is 38.3 Å². The first-order valence-electron chi connectivity index (χ1n) is 10.2. The molecular weight excluding hydrogens is 499 g/mol. The molecule has 0 bridgehead atoms. The van der Waals surface area contributed by atoms with Crippen LogP contribution in [0.15, 0.2) is 22.5 Å². The van der Waals surface area contributed by atoms with Crippen LogP contribution in [0.3, 0.4) is 0 Å². The largest absolute Gasteiger partial charge is 0.377 e. The summed E-state index contributed by atoms with van der Waals surface area (Å²) in [4.78, 5) is 6.17. The number of rotatable bonds is 5. The van der Waals surface area contributed by atoms with E-state index in [4.69, 9.17) is 9.73 Å². The molecule has 1 aliphatic heterocycles. The quantitative estimate of drug-likeness (QED) is 0.355. The van der Waals surface area contributed by atoms with E-state index in [0.29, 0.717) is 30.0 Å². The van der Waals surface area contributed by atoms with Crippen molar-refractivity contribution in [1.29, 1.82) is 0 Å². The van der Waals surface area contributed by atoms with Crippen molar-refractivity contribution in [3.05, 3.63) is 34.0 Å². The molecule has 2 aromatic heterocycles. The smallest absolute Gasteiger partial charge is 0.192 e. The van der Waals surface area contributed by atoms with Gasteiger partial charge >= 0.3 is 0 Å². The van der Waals surface area contributed by atoms with Gasteiger partial charge in [-0.1, -0.05) is 12.5 Å². The molecule has 0 aromatic carbocycles. The van der Waals surface area contributed by atoms with Crippen LogP contribution in [0, 0.1) is 18.3 Å². The van der Waals surface area contributed by atoms with Crippen molar-refractivity contribution < 1.29 is 4.74 Å². The number of halogens is 1. The van der Waals surface area contributed by atoms with Crippen LogP contribution >= 0.6 is 35.3 Å². The van der Waals surface area contributed by atoms with E-state index < -0.39 is 0 Å². The van der Waals surface area contributed by atoms with Gasteiger partial charge in [0.25, 0.3) is 0 Å². The Hall–Kier alpha value is -1.20. The molecule has 2 saturated carbocycles. The monoisotopic (exact) mass is 528 g/mol. The predicted octanol–water partition coefficient (Wildman–Crippen LogP) is 3.00. The number of thiophene rings is 1. The van der Waals surface area contributed by atoms with Gasteiger partial charge in [-0.2, -0.15) is 0 Å². The average molecular weight is 528 g/mol. The maximum atomic E-state index is 6.07. The molecule has 7 nitrogen and oxygen atoms in total. The van der Waals surface area contributed by atoms with Gasteiger partial charge in [0.05, 0.1) is 12.6 Å². The average Bonchev–Trinajstić information content (AvgIpc) is 3.37. The van der Waals surface area contributed by atoms with E-state index in [0.717, 1.165) is 37.2 Å². The summed E-state index contributed by atoms with van der Waals surface area (Å²) in [6, 6.07) is 4.70. The SMILES string of the molecule is Cc1nnc(CN=C(NCc2cccs2)NC2C3CCOC3C23CCC3)n1C.I. The Morgan fingerprint density at radius 2 is 2.28 bits per heavy atom. The fourth-order valence-electron chi connectivity index (χ4n) is 5.08. The van der Waals surface area contributed by atoms with Crippen molar-refractivity contribution in [3.8, 4) is 0 Å². The minimum Gasteiger partial charge on any atom is -0.377 e. The summed E-state index contributed by atoms with van der Waals surface area (Å²) >= 11 is 1.76. The molecule has 3 heterocycles. The van der Waals surface area contributed by atoms with Gasteiger partial charge in [0.2, 0.25) is 0 Å². The fraction of sp³-hybridized carbons (Fsp3) is 0.650. The number of aliphatic imine (C=N–C) groups is 1. The van der Waals surface area contributed by atoms with Crippen LogP contribution in [-0.2, 0) is 24.9 Å². The third-order valence-electron chi connectivity index (χ3n) is 6.90. The highest BCUT2D eigenvalue weighted by Crippen LogP contribution is 2.62. The van der Waals surface area contributed by atoms with Crippen LogP contribution in [0.1, 0.15) is 42.2 Å². The highest BCUT2D eigenvalue weighted by atomic mass is 127. The topological polar surface area (TPSA) is 76.4 Å². The van der Waals surface area contributed by atoms with Crippen molar-refractivity contribution >= 4 is 41.3 Å². The molecule has 0 radical (unpaired) electrons. The Morgan fingerprint density at radius 1 is 1.41 bits per heavy atom. The summed E-state index contributed by atoms with van der Waals surface area (Å²) in [5.74, 6) is 3.27. The maximum absolute atomic E-state index is 6.07. The number of hydrogen-bond donors (Lipinski definition) is 2. The summed E-state index contributed by atoms with van der Waals surface area (Å²) in [6.45, 7) is 4.17. The van der Waals surface area contributed by atoms with E-state index >= 15 is 0 Å². The molecule has 5 rings (SSSR count). The molecule has 158 valence electrons. The van der Waals surface area contributed by atoms with Gasteiger partial charge in [0.15, 0.2) is 11.8 Å². The maximum Gasteiger partial charge on any atom is 0.192 e. The standard InChI is InChI=1S/C20H28N6OS.HI/c1-13-24-25-16(26(13)2)12-22-19(21-11-14-5-3-10-28-14)23-17-15-6-9-27-18(15)20(17)7-4-8-20;/h3,5,10,15,17-18H,4,6-9,11-12H2,1-2H3,(H2,21,22,23);1H. The van der Waals surface area contributed by atoms with Gasteiger partial charge in [-0.25, -0.2) is 4.99 Å². The molecule has 1 spiro atoms. The Kier molecular flexibility index (Phi) is 6.17. The molecule has 2 N–H and O–H groups in total. The zero-order chi connectivity index (χ0) is 19.1. The first-order valence-corrected chi connectivity index (χ1v) is 11.1. The molecule has 2 aliphatic carbocycles. The van der Waals surface area contributed by atoms with Crippen molar-refractivity contribution in [2.24, 2.45) is 23.4 Å². The Labute approximate surface area is 192 Å². The lowest BCUT2D eigenvalue weighted by molar-refractivity contribution is -0.171. The second-order valence-electron chi connectivity index (χ2n) is 8.27. The van der Waals surface area contributed by atoms with Crippen molar-refractivity contribution in [2.45, 2.75) is 57.8 Å². The Balaban J connectivity index is 0.00000205. The summed E-state index contributed by atoms with van der Waals surface area (Å²) < 4.78 is 8.07. The number of guanidine groups is 1. The first-order chi connectivity index (χ1) is 13.7. The molecule has 3 aliphatic rings. The van der Waals surface area contributed by atoms with Crippen LogP contribution in [0.25, 0.3) is 0 Å². The molecule has 29 heavy (non-hydrogen) atoms. The number of nitrogens with one attached hydrogen (secondary N) is 2. The highest BCUT2D eigenvalue weighted by Gasteiger charge is 2.66. The molecule has 3 fully saturated rings. The van der Waals surface area contributed by atoms with Crippen molar-refractivity contribution in [3.63, 3.8) is 0 Å². The van der Waals surface area contributed by atoms with Crippen molar-refractivity contribution in [2.75, 3.05) is 6.61 Å². The normalized spacial score (nSPS) is 27.0. The first kappa shape index (κ1) is 21.0. The number of aromatic nitrogens is 3. The predicted molar refractivity (Wildman–Crippen MR) is 125 cm³/mol. The minimum atomic E-state index is 0. The number of fused-ring (bicyclic) bond motifs is 2. The van der Waals surface area contributed by atoms with Gasteiger partial charge in [0.1, 0.15) is 12.4 Å². The van der Waals surface area contributed by atoms with E-state index in [-0.39, 0.29) is 24.0 Å². The lowest BCUT2D eigenvalue weighted by atomic mass is 9.46. The highest BCUT2D eigenvalue weighted by molar-refractivity contribution is 14.0. The molecule has 3 atom stereocenters. The zero-order valence-corrected chi connectivity index (χ0v) is 20.1. The van der Waals surface area contributed by atoms with Crippen LogP contribution in [0.5, 0.6) is 0 Å². The lowest BCUT2D eigenvalue weighted by Gasteiger charge is -2.63. The molecule has 1 saturated heterocycles. The number of nitrogens with zero attached hydrogens (tertiary/aromatic N) is 4. The Bertz CT molecular complexity index is 862. The van der Waals surface area contributed by atoms with Gasteiger partial charge in [-0.15, -0.1) is 45.5 Å². The summed E-state index contributed by atoms with van der Waals surface area (Å²) in [5, 5.41) is 17.8. The Morgan fingerprint density at radius 3 is 2.93 bits per heavy atom. The van der Waals surface area contributed by atoms with Crippen LogP contribution in [0.2, 0.25) is 0 Å². The summed E-state index contributed by atoms with van der Waals surface area (Å²) in [6.07, 6.45) is 5.47. The number of aryl methyl sites for hydroxylation is 1. The molecule has 9 heteroatoms. The fourth-order valence-corrected chi connectivity index (χ4v) is 5.72. The molecule has 2 aromatic rings. The van der Waals surface area contributed by atoms with E-state index in [1.165, 1.54) is 24.1 Å². The minimum absolute atomic E-state index is 0. The van der Waals surface area contributed by atoms with E-state index in [1.54, 1.807) is 11.3 Å². The van der Waals surface area contributed by atoms with E-state index in [9.17, 15) is 0 Å². The van der Waals surface area contributed by atoms with Crippen LogP contribution < -0.4 is 10.6 Å².